The number of aryl methyl sites for hydroxylation is 1. The molecule has 0 spiro atoms. The fraction of sp³-hybridized carbons (Fsp3) is 0.615. The van der Waals surface area contributed by atoms with Crippen molar-refractivity contribution >= 4 is 0 Å². The molecule has 0 unspecified atom stereocenters. The Bertz CT molecular complexity index is 348. The predicted molar refractivity (Wildman–Crippen MR) is 67.8 cm³/mol. The van der Waals surface area contributed by atoms with E-state index in [9.17, 15) is 0 Å². The maximum absolute atomic E-state index is 8.89. The second-order valence-electron chi connectivity index (χ2n) is 4.71. The lowest BCUT2D eigenvalue weighted by atomic mass is 10.2. The maximum atomic E-state index is 8.89. The van der Waals surface area contributed by atoms with Gasteiger partial charge in [-0.3, -0.25) is 14.8 Å². The highest BCUT2D eigenvalue weighted by Gasteiger charge is 2.16. The molecule has 0 atom stereocenters. The molecule has 0 bridgehead atoms. The number of aromatic nitrogens is 1. The molecule has 94 valence electrons. The number of rotatable bonds is 4. The Morgan fingerprint density at radius 3 is 2.53 bits per heavy atom. The number of aliphatic hydroxyl groups is 1. The lowest BCUT2D eigenvalue weighted by Gasteiger charge is -2.34. The Kier molecular flexibility index (Phi) is 4.48. The van der Waals surface area contributed by atoms with Crippen LogP contribution in [0.25, 0.3) is 0 Å². The van der Waals surface area contributed by atoms with Gasteiger partial charge in [0.1, 0.15) is 0 Å². The normalized spacial score (nSPS) is 18.5. The van der Waals surface area contributed by atoms with Gasteiger partial charge in [0.15, 0.2) is 0 Å². The van der Waals surface area contributed by atoms with E-state index in [1.165, 1.54) is 11.1 Å². The van der Waals surface area contributed by atoms with E-state index < -0.39 is 0 Å². The Balaban J connectivity index is 1.82. The molecular weight excluding hydrogens is 214 g/mol. The molecule has 2 heterocycles. The average molecular weight is 235 g/mol. The number of piperazine rings is 1. The van der Waals surface area contributed by atoms with Crippen molar-refractivity contribution in [3.8, 4) is 0 Å². The van der Waals surface area contributed by atoms with Gasteiger partial charge in [-0.05, 0) is 18.1 Å². The van der Waals surface area contributed by atoms with Crippen LogP contribution < -0.4 is 0 Å². The summed E-state index contributed by atoms with van der Waals surface area (Å²) in [6.45, 7) is 8.40. The van der Waals surface area contributed by atoms with Crippen molar-refractivity contribution in [2.75, 3.05) is 39.3 Å². The summed E-state index contributed by atoms with van der Waals surface area (Å²) in [6, 6.07) is 2.20. The van der Waals surface area contributed by atoms with Gasteiger partial charge in [-0.1, -0.05) is 6.07 Å². The molecule has 1 aromatic heterocycles. The highest BCUT2D eigenvalue weighted by atomic mass is 16.3. The molecule has 1 fully saturated rings. The number of nitrogens with zero attached hydrogens (tertiary/aromatic N) is 3. The summed E-state index contributed by atoms with van der Waals surface area (Å²) >= 11 is 0. The van der Waals surface area contributed by atoms with E-state index in [0.29, 0.717) is 0 Å². The molecule has 0 saturated carbocycles. The molecule has 0 amide bonds. The largest absolute Gasteiger partial charge is 0.395 e. The fourth-order valence-corrected chi connectivity index (χ4v) is 2.27. The smallest absolute Gasteiger partial charge is 0.0558 e. The molecule has 4 heteroatoms. The zero-order chi connectivity index (χ0) is 12.1. The van der Waals surface area contributed by atoms with Gasteiger partial charge < -0.3 is 5.11 Å². The second-order valence-corrected chi connectivity index (χ2v) is 4.71. The van der Waals surface area contributed by atoms with Gasteiger partial charge >= 0.3 is 0 Å². The van der Waals surface area contributed by atoms with E-state index >= 15 is 0 Å². The average Bonchev–Trinajstić information content (AvgIpc) is 2.32. The summed E-state index contributed by atoms with van der Waals surface area (Å²) in [6.07, 6.45) is 3.84. The Labute approximate surface area is 103 Å². The van der Waals surface area contributed by atoms with Gasteiger partial charge in [0.2, 0.25) is 0 Å². The molecule has 1 N–H and O–H groups in total. The van der Waals surface area contributed by atoms with Crippen molar-refractivity contribution in [1.29, 1.82) is 0 Å². The first-order valence-electron chi connectivity index (χ1n) is 6.24. The van der Waals surface area contributed by atoms with Crippen molar-refractivity contribution < 1.29 is 5.11 Å². The first kappa shape index (κ1) is 12.5. The highest BCUT2D eigenvalue weighted by Crippen LogP contribution is 2.08. The number of β-amino-alcohol motifs (C(OH)–C–C–N with tert-alkyl or cyclic N) is 1. The monoisotopic (exact) mass is 235 g/mol. The minimum absolute atomic E-state index is 0.266. The quantitative estimate of drug-likeness (QED) is 0.825. The van der Waals surface area contributed by atoms with E-state index in [0.717, 1.165) is 39.3 Å². The molecule has 0 radical (unpaired) electrons. The van der Waals surface area contributed by atoms with Crippen LogP contribution in [0.3, 0.4) is 0 Å². The minimum atomic E-state index is 0.266. The first-order chi connectivity index (χ1) is 8.28. The molecule has 17 heavy (non-hydrogen) atoms. The zero-order valence-electron chi connectivity index (χ0n) is 10.5. The van der Waals surface area contributed by atoms with Gasteiger partial charge in [0.25, 0.3) is 0 Å². The Hall–Kier alpha value is -0.970. The van der Waals surface area contributed by atoms with E-state index in [4.69, 9.17) is 5.11 Å². The van der Waals surface area contributed by atoms with Crippen LogP contribution in [0.15, 0.2) is 18.5 Å². The van der Waals surface area contributed by atoms with Crippen molar-refractivity contribution in [3.05, 3.63) is 29.6 Å². The molecule has 1 aliphatic rings. The van der Waals surface area contributed by atoms with Crippen molar-refractivity contribution in [2.45, 2.75) is 13.5 Å². The number of hydrogen-bond donors (Lipinski definition) is 1. The van der Waals surface area contributed by atoms with Crippen molar-refractivity contribution in [3.63, 3.8) is 0 Å². The molecule has 1 aromatic rings. The van der Waals surface area contributed by atoms with Gasteiger partial charge in [-0.15, -0.1) is 0 Å². The van der Waals surface area contributed by atoms with E-state index in [1.54, 1.807) is 0 Å². The van der Waals surface area contributed by atoms with Crippen molar-refractivity contribution in [1.82, 2.24) is 14.8 Å². The van der Waals surface area contributed by atoms with Crippen LogP contribution in [-0.4, -0.2) is 59.2 Å². The molecule has 4 nitrogen and oxygen atoms in total. The van der Waals surface area contributed by atoms with Gasteiger partial charge in [0, 0.05) is 51.7 Å². The Morgan fingerprint density at radius 2 is 1.88 bits per heavy atom. The highest BCUT2D eigenvalue weighted by molar-refractivity contribution is 5.16. The van der Waals surface area contributed by atoms with Gasteiger partial charge in [-0.25, -0.2) is 0 Å². The number of hydrogen-bond acceptors (Lipinski definition) is 4. The van der Waals surface area contributed by atoms with Crippen LogP contribution in [0.2, 0.25) is 0 Å². The van der Waals surface area contributed by atoms with Crippen LogP contribution in [-0.2, 0) is 6.54 Å². The molecular formula is C13H21N3O. The molecule has 1 aliphatic heterocycles. The summed E-state index contributed by atoms with van der Waals surface area (Å²) in [5.41, 5.74) is 2.52. The lowest BCUT2D eigenvalue weighted by molar-refractivity contribution is 0.108. The summed E-state index contributed by atoms with van der Waals surface area (Å²) < 4.78 is 0. The standard InChI is InChI=1S/C13H21N3O/c1-12-8-13(10-14-9-12)11-16-4-2-15(3-5-16)6-7-17/h8-10,17H,2-7,11H2,1H3. The zero-order valence-corrected chi connectivity index (χ0v) is 10.5. The van der Waals surface area contributed by atoms with E-state index in [1.807, 2.05) is 12.4 Å². The molecule has 2 rings (SSSR count). The number of pyridine rings is 1. The minimum Gasteiger partial charge on any atom is -0.395 e. The lowest BCUT2D eigenvalue weighted by Crippen LogP contribution is -2.46. The molecule has 1 saturated heterocycles. The summed E-state index contributed by atoms with van der Waals surface area (Å²) in [4.78, 5) is 8.98. The first-order valence-corrected chi connectivity index (χ1v) is 6.24. The Morgan fingerprint density at radius 1 is 1.18 bits per heavy atom. The summed E-state index contributed by atoms with van der Waals surface area (Å²) in [7, 11) is 0. The third kappa shape index (κ3) is 3.77. The second kappa shape index (κ2) is 6.10. The fourth-order valence-electron chi connectivity index (χ4n) is 2.27. The third-order valence-corrected chi connectivity index (χ3v) is 3.22. The molecule has 0 aromatic carbocycles. The van der Waals surface area contributed by atoms with Crippen LogP contribution in [0.4, 0.5) is 0 Å². The van der Waals surface area contributed by atoms with Crippen LogP contribution in [0.5, 0.6) is 0 Å². The van der Waals surface area contributed by atoms with Gasteiger partial charge in [0.05, 0.1) is 6.61 Å². The summed E-state index contributed by atoms with van der Waals surface area (Å²) in [5.74, 6) is 0. The SMILES string of the molecule is Cc1cncc(CN2CCN(CCO)CC2)c1. The van der Waals surface area contributed by atoms with E-state index in [-0.39, 0.29) is 6.61 Å². The number of aliphatic hydroxyl groups excluding tert-OH is 1. The van der Waals surface area contributed by atoms with Crippen LogP contribution in [0, 0.1) is 6.92 Å². The topological polar surface area (TPSA) is 39.6 Å². The summed E-state index contributed by atoms with van der Waals surface area (Å²) in [5, 5.41) is 8.89. The van der Waals surface area contributed by atoms with Crippen molar-refractivity contribution in [2.24, 2.45) is 0 Å². The van der Waals surface area contributed by atoms with Crippen LogP contribution in [0.1, 0.15) is 11.1 Å². The van der Waals surface area contributed by atoms with E-state index in [2.05, 4.69) is 27.8 Å². The van der Waals surface area contributed by atoms with Gasteiger partial charge in [-0.2, -0.15) is 0 Å². The molecule has 0 aliphatic carbocycles. The third-order valence-electron chi connectivity index (χ3n) is 3.22. The van der Waals surface area contributed by atoms with Crippen LogP contribution >= 0.6 is 0 Å². The maximum Gasteiger partial charge on any atom is 0.0558 e. The predicted octanol–water partition coefficient (Wildman–Crippen LogP) is 0.500.